The molecule has 37 heavy (non-hydrogen) atoms. The molecule has 1 fully saturated rings. The summed E-state index contributed by atoms with van der Waals surface area (Å²) in [6, 6.07) is 12.9. The van der Waals surface area contributed by atoms with E-state index >= 15 is 0 Å². The van der Waals surface area contributed by atoms with Gasteiger partial charge >= 0.3 is 6.09 Å². The molecular weight excluding hydrogens is 474 g/mol. The minimum absolute atomic E-state index is 0.0114. The Balaban J connectivity index is 1.37. The van der Waals surface area contributed by atoms with Gasteiger partial charge in [0.25, 0.3) is 5.69 Å². The van der Waals surface area contributed by atoms with E-state index in [2.05, 4.69) is 12.0 Å². The lowest BCUT2D eigenvalue weighted by Gasteiger charge is -2.37. The van der Waals surface area contributed by atoms with Crippen LogP contribution < -0.4 is 9.64 Å². The van der Waals surface area contributed by atoms with Crippen molar-refractivity contribution >= 4 is 17.5 Å². The molecule has 0 atom stereocenters. The lowest BCUT2D eigenvalue weighted by atomic mass is 9.91. The van der Waals surface area contributed by atoms with E-state index in [1.807, 2.05) is 53.8 Å². The van der Waals surface area contributed by atoms with Crippen molar-refractivity contribution in [2.24, 2.45) is 0 Å². The molecule has 5 rings (SSSR count). The number of aryl methyl sites for hydroxylation is 1. The second-order valence-electron chi connectivity index (χ2n) is 9.85. The van der Waals surface area contributed by atoms with Crippen LogP contribution in [0, 0.1) is 10.1 Å². The zero-order valence-electron chi connectivity index (χ0n) is 21.3. The van der Waals surface area contributed by atoms with Crippen molar-refractivity contribution in [3.8, 4) is 17.0 Å². The summed E-state index contributed by atoms with van der Waals surface area (Å²) in [5, 5.41) is 16.7. The molecule has 0 aliphatic carbocycles. The van der Waals surface area contributed by atoms with Gasteiger partial charge in [0.2, 0.25) is 0 Å². The summed E-state index contributed by atoms with van der Waals surface area (Å²) in [5.74, 6) is 0.598. The normalized spacial score (nSPS) is 16.0. The molecule has 2 aliphatic rings. The predicted octanol–water partition coefficient (Wildman–Crippen LogP) is 4.95. The molecule has 0 saturated carbocycles. The molecule has 1 saturated heterocycles. The van der Waals surface area contributed by atoms with Crippen LogP contribution in [0.2, 0.25) is 0 Å². The lowest BCUT2D eigenvalue weighted by molar-refractivity contribution is -0.384. The molecule has 194 valence electrons. The zero-order chi connectivity index (χ0) is 26.2. The topological polar surface area (TPSA) is 103 Å². The van der Waals surface area contributed by atoms with Crippen molar-refractivity contribution < 1.29 is 19.2 Å². The van der Waals surface area contributed by atoms with Crippen molar-refractivity contribution in [2.45, 2.75) is 45.9 Å². The molecule has 0 spiro atoms. The van der Waals surface area contributed by atoms with Gasteiger partial charge in [-0.05, 0) is 25.8 Å². The van der Waals surface area contributed by atoms with Crippen LogP contribution in [-0.4, -0.2) is 51.9 Å². The number of fused-ring (bicyclic) bond motifs is 3. The maximum absolute atomic E-state index is 12.6. The Morgan fingerprint density at radius 2 is 1.89 bits per heavy atom. The molecule has 3 heterocycles. The van der Waals surface area contributed by atoms with Crippen LogP contribution in [0.1, 0.15) is 38.3 Å². The Hall–Kier alpha value is -4.08. The fourth-order valence-corrected chi connectivity index (χ4v) is 4.99. The third kappa shape index (κ3) is 4.71. The summed E-state index contributed by atoms with van der Waals surface area (Å²) in [6.07, 6.45) is 2.30. The van der Waals surface area contributed by atoms with Crippen LogP contribution in [0.25, 0.3) is 11.3 Å². The van der Waals surface area contributed by atoms with Gasteiger partial charge in [-0.2, -0.15) is 5.10 Å². The van der Waals surface area contributed by atoms with Crippen molar-refractivity contribution in [1.82, 2.24) is 14.7 Å². The summed E-state index contributed by atoms with van der Waals surface area (Å²) >= 11 is 0. The van der Waals surface area contributed by atoms with Gasteiger partial charge in [-0.3, -0.25) is 14.8 Å². The highest BCUT2D eigenvalue weighted by atomic mass is 16.6. The first-order chi connectivity index (χ1) is 17.8. The summed E-state index contributed by atoms with van der Waals surface area (Å²) in [5.41, 5.74) is 3.26. The molecule has 0 bridgehead atoms. The number of piperazine rings is 1. The summed E-state index contributed by atoms with van der Waals surface area (Å²) in [6.45, 7) is 8.65. The third-order valence-electron chi connectivity index (χ3n) is 6.90. The molecule has 3 aromatic rings. The molecule has 0 N–H and O–H groups in total. The number of nitro groups is 1. The van der Waals surface area contributed by atoms with Crippen molar-refractivity contribution in [3.05, 3.63) is 69.9 Å². The minimum atomic E-state index is -0.622. The van der Waals surface area contributed by atoms with Gasteiger partial charge in [0, 0.05) is 56.0 Å². The summed E-state index contributed by atoms with van der Waals surface area (Å²) < 4.78 is 13.7. The van der Waals surface area contributed by atoms with E-state index in [1.54, 1.807) is 23.2 Å². The Kier molecular flexibility index (Phi) is 6.49. The standard InChI is InChI=1S/C27H31N5O5/c1-4-10-31-25-20-15-23(32(34)35)22(16-24(20)37-27(2,3)21(25)17-28-31)29-11-13-30(14-12-29)26(33)36-18-19-8-6-5-7-9-19/h5-9,15-17H,4,10-14,18H2,1-3H3. The van der Waals surface area contributed by atoms with Crippen molar-refractivity contribution in [2.75, 3.05) is 31.1 Å². The van der Waals surface area contributed by atoms with Gasteiger partial charge in [0.1, 0.15) is 23.6 Å². The predicted molar refractivity (Wildman–Crippen MR) is 139 cm³/mol. The van der Waals surface area contributed by atoms with Gasteiger partial charge in [-0.25, -0.2) is 4.79 Å². The van der Waals surface area contributed by atoms with E-state index in [9.17, 15) is 14.9 Å². The lowest BCUT2D eigenvalue weighted by Crippen LogP contribution is -2.49. The molecule has 0 radical (unpaired) electrons. The molecule has 1 aromatic heterocycles. The van der Waals surface area contributed by atoms with Crippen LogP contribution in [0.5, 0.6) is 5.75 Å². The third-order valence-corrected chi connectivity index (χ3v) is 6.90. The minimum Gasteiger partial charge on any atom is -0.482 e. The van der Waals surface area contributed by atoms with Crippen molar-refractivity contribution in [3.63, 3.8) is 0 Å². The van der Waals surface area contributed by atoms with E-state index in [0.717, 1.165) is 23.2 Å². The number of carbonyl (C=O) groups excluding carboxylic acids is 1. The highest BCUT2D eigenvalue weighted by Gasteiger charge is 2.38. The number of hydrogen-bond acceptors (Lipinski definition) is 7. The summed E-state index contributed by atoms with van der Waals surface area (Å²) in [7, 11) is 0. The molecule has 2 aromatic carbocycles. The first kappa shape index (κ1) is 24.6. The smallest absolute Gasteiger partial charge is 0.410 e. The Bertz CT molecular complexity index is 1310. The second-order valence-corrected chi connectivity index (χ2v) is 9.85. The number of rotatable bonds is 6. The molecule has 10 heteroatoms. The second kappa shape index (κ2) is 9.76. The van der Waals surface area contributed by atoms with Crippen LogP contribution in [0.3, 0.4) is 0 Å². The first-order valence-electron chi connectivity index (χ1n) is 12.6. The number of amides is 1. The van der Waals surface area contributed by atoms with Crippen LogP contribution in [0.4, 0.5) is 16.2 Å². The number of anilines is 1. The quantitative estimate of drug-likeness (QED) is 0.345. The number of hydrogen-bond donors (Lipinski definition) is 0. The Morgan fingerprint density at radius 1 is 1.16 bits per heavy atom. The maximum Gasteiger partial charge on any atom is 0.410 e. The first-order valence-corrected chi connectivity index (χ1v) is 12.6. The molecule has 2 aliphatic heterocycles. The van der Waals surface area contributed by atoms with Gasteiger partial charge < -0.3 is 19.3 Å². The van der Waals surface area contributed by atoms with E-state index in [-0.39, 0.29) is 23.3 Å². The van der Waals surface area contributed by atoms with E-state index in [4.69, 9.17) is 9.47 Å². The molecular formula is C27H31N5O5. The number of carbonyl (C=O) groups is 1. The number of nitrogens with zero attached hydrogens (tertiary/aromatic N) is 5. The number of nitro benzene ring substituents is 1. The van der Waals surface area contributed by atoms with Crippen LogP contribution >= 0.6 is 0 Å². The highest BCUT2D eigenvalue weighted by Crippen LogP contribution is 2.49. The average Bonchev–Trinajstić information content (AvgIpc) is 3.32. The van der Waals surface area contributed by atoms with Crippen LogP contribution in [0.15, 0.2) is 48.7 Å². The number of benzene rings is 2. The van der Waals surface area contributed by atoms with Crippen molar-refractivity contribution in [1.29, 1.82) is 0 Å². The highest BCUT2D eigenvalue weighted by molar-refractivity contribution is 5.82. The van der Waals surface area contributed by atoms with Gasteiger partial charge in [-0.1, -0.05) is 37.3 Å². The fourth-order valence-electron chi connectivity index (χ4n) is 4.99. The number of aromatic nitrogens is 2. The fraction of sp³-hybridized carbons (Fsp3) is 0.407. The monoisotopic (exact) mass is 505 g/mol. The Morgan fingerprint density at radius 3 is 2.57 bits per heavy atom. The average molecular weight is 506 g/mol. The van der Waals surface area contributed by atoms with E-state index in [0.29, 0.717) is 49.7 Å². The maximum atomic E-state index is 12.6. The van der Waals surface area contributed by atoms with Crippen LogP contribution in [-0.2, 0) is 23.5 Å². The molecule has 1 amide bonds. The van der Waals surface area contributed by atoms with Gasteiger partial charge in [-0.15, -0.1) is 0 Å². The SMILES string of the molecule is CCCn1ncc2c1-c1cc([N+](=O)[O-])c(N3CCN(C(=O)OCc4ccccc4)CC3)cc1OC2(C)C. The van der Waals surface area contributed by atoms with Gasteiger partial charge in [0.15, 0.2) is 0 Å². The van der Waals surface area contributed by atoms with E-state index in [1.165, 1.54) is 0 Å². The number of ether oxygens (including phenoxy) is 2. The van der Waals surface area contributed by atoms with Gasteiger partial charge in [0.05, 0.1) is 16.8 Å². The van der Waals surface area contributed by atoms with E-state index < -0.39 is 5.60 Å². The molecule has 0 unspecified atom stereocenters. The molecule has 10 nitrogen and oxygen atoms in total. The zero-order valence-corrected chi connectivity index (χ0v) is 21.3. The largest absolute Gasteiger partial charge is 0.482 e. The summed E-state index contributed by atoms with van der Waals surface area (Å²) in [4.78, 5) is 28.0. The Labute approximate surface area is 215 Å².